The topological polar surface area (TPSA) is 27.8 Å². The van der Waals surface area contributed by atoms with E-state index in [0.717, 1.165) is 13.0 Å². The lowest BCUT2D eigenvalue weighted by molar-refractivity contribution is 0.407. The summed E-state index contributed by atoms with van der Waals surface area (Å²) in [4.78, 5) is 3.62. The van der Waals surface area contributed by atoms with Gasteiger partial charge in [0.2, 0.25) is 0 Å². The van der Waals surface area contributed by atoms with Crippen LogP contribution in [0.15, 0.2) is 24.3 Å². The van der Waals surface area contributed by atoms with Crippen LogP contribution in [0, 0.1) is 0 Å². The minimum atomic E-state index is 0.529. The van der Waals surface area contributed by atoms with Crippen molar-refractivity contribution in [3.05, 3.63) is 35.5 Å². The Morgan fingerprint density at radius 2 is 2.24 bits per heavy atom. The Kier molecular flexibility index (Phi) is 2.89. The van der Waals surface area contributed by atoms with Gasteiger partial charge in [-0.3, -0.25) is 0 Å². The molecule has 1 aromatic heterocycles. The number of hydrogen-bond acceptors (Lipinski definition) is 1. The molecule has 0 radical (unpaired) electrons. The fourth-order valence-electron chi connectivity index (χ4n) is 2.84. The molecule has 1 atom stereocenters. The molecule has 0 amide bonds. The molecule has 0 bridgehead atoms. The van der Waals surface area contributed by atoms with Crippen molar-refractivity contribution in [3.8, 4) is 0 Å². The number of H-pyrrole nitrogens is 1. The Bertz CT molecular complexity index is 507. The molecule has 1 unspecified atom stereocenters. The van der Waals surface area contributed by atoms with Crippen molar-refractivity contribution in [1.29, 1.82) is 0 Å². The summed E-state index contributed by atoms with van der Waals surface area (Å²) in [5.41, 5.74) is 4.11. The van der Waals surface area contributed by atoms with Crippen LogP contribution in [-0.2, 0) is 6.42 Å². The number of benzene rings is 1. The summed E-state index contributed by atoms with van der Waals surface area (Å²) < 4.78 is 0. The van der Waals surface area contributed by atoms with Gasteiger partial charge in [0, 0.05) is 17.3 Å². The molecule has 1 aliphatic rings. The molecule has 1 aliphatic heterocycles. The zero-order valence-corrected chi connectivity index (χ0v) is 10.4. The lowest BCUT2D eigenvalue weighted by Gasteiger charge is -2.22. The minimum Gasteiger partial charge on any atom is -0.357 e. The summed E-state index contributed by atoms with van der Waals surface area (Å²) in [5, 5.41) is 4.96. The Balaban J connectivity index is 2.00. The highest BCUT2D eigenvalue weighted by molar-refractivity contribution is 5.83. The largest absolute Gasteiger partial charge is 0.357 e. The predicted molar refractivity (Wildman–Crippen MR) is 72.3 cm³/mol. The molecule has 0 spiro atoms. The third-order valence-electron chi connectivity index (χ3n) is 3.83. The molecule has 17 heavy (non-hydrogen) atoms. The van der Waals surface area contributed by atoms with Gasteiger partial charge in [-0.2, -0.15) is 0 Å². The molecule has 2 heteroatoms. The van der Waals surface area contributed by atoms with Crippen molar-refractivity contribution in [3.63, 3.8) is 0 Å². The summed E-state index contributed by atoms with van der Waals surface area (Å²) in [6.07, 6.45) is 5.01. The van der Waals surface area contributed by atoms with Crippen molar-refractivity contribution in [2.45, 2.75) is 38.6 Å². The highest BCUT2D eigenvalue weighted by atomic mass is 14.9. The second kappa shape index (κ2) is 4.53. The first-order valence-corrected chi connectivity index (χ1v) is 6.72. The van der Waals surface area contributed by atoms with Crippen molar-refractivity contribution < 1.29 is 0 Å². The number of nitrogens with one attached hydrogen (secondary N) is 2. The van der Waals surface area contributed by atoms with E-state index in [1.54, 1.807) is 0 Å². The molecule has 1 fully saturated rings. The quantitative estimate of drug-likeness (QED) is 0.808. The van der Waals surface area contributed by atoms with E-state index >= 15 is 0 Å². The van der Waals surface area contributed by atoms with Gasteiger partial charge in [0.25, 0.3) is 0 Å². The number of piperidine rings is 1. The second-order valence-electron chi connectivity index (χ2n) is 4.96. The van der Waals surface area contributed by atoms with Crippen LogP contribution in [0.4, 0.5) is 0 Å². The molecule has 1 saturated heterocycles. The lowest BCUT2D eigenvalue weighted by Crippen LogP contribution is -2.26. The first-order valence-electron chi connectivity index (χ1n) is 6.72. The molecule has 2 aromatic rings. The zero-order chi connectivity index (χ0) is 11.7. The summed E-state index contributed by atoms with van der Waals surface area (Å²) in [6, 6.07) is 9.43. The monoisotopic (exact) mass is 228 g/mol. The minimum absolute atomic E-state index is 0.529. The number of hydrogen-bond donors (Lipinski definition) is 2. The van der Waals surface area contributed by atoms with E-state index in [0.29, 0.717) is 6.04 Å². The van der Waals surface area contributed by atoms with Crippen LogP contribution >= 0.6 is 0 Å². The van der Waals surface area contributed by atoms with Gasteiger partial charge in [0.1, 0.15) is 0 Å². The number of fused-ring (bicyclic) bond motifs is 1. The highest BCUT2D eigenvalue weighted by Crippen LogP contribution is 2.27. The molecule has 3 rings (SSSR count). The van der Waals surface area contributed by atoms with Crippen LogP contribution in [0.25, 0.3) is 10.9 Å². The number of aryl methyl sites for hydroxylation is 1. The lowest BCUT2D eigenvalue weighted by atomic mass is 10.0. The van der Waals surface area contributed by atoms with E-state index in [1.807, 2.05) is 0 Å². The van der Waals surface area contributed by atoms with Crippen LogP contribution in [0.3, 0.4) is 0 Å². The standard InChI is InChI=1S/C15H20N2/c1-2-11-6-5-7-12-10-14(17-15(11)12)13-8-3-4-9-16-13/h5-7,10,13,16-17H,2-4,8-9H2,1H3. The number of aromatic amines is 1. The Morgan fingerprint density at radius 1 is 1.29 bits per heavy atom. The van der Waals surface area contributed by atoms with Gasteiger partial charge in [-0.05, 0) is 42.8 Å². The summed E-state index contributed by atoms with van der Waals surface area (Å²) >= 11 is 0. The third-order valence-corrected chi connectivity index (χ3v) is 3.83. The maximum atomic E-state index is 3.62. The zero-order valence-electron chi connectivity index (χ0n) is 10.4. The molecule has 0 aliphatic carbocycles. The second-order valence-corrected chi connectivity index (χ2v) is 4.96. The van der Waals surface area contributed by atoms with Crippen molar-refractivity contribution in [2.75, 3.05) is 6.54 Å². The van der Waals surface area contributed by atoms with E-state index in [9.17, 15) is 0 Å². The van der Waals surface area contributed by atoms with Gasteiger partial charge in [-0.1, -0.05) is 31.5 Å². The summed E-state index contributed by atoms with van der Waals surface area (Å²) in [6.45, 7) is 3.37. The van der Waals surface area contributed by atoms with Gasteiger partial charge in [-0.25, -0.2) is 0 Å². The highest BCUT2D eigenvalue weighted by Gasteiger charge is 2.16. The maximum absolute atomic E-state index is 3.62. The van der Waals surface area contributed by atoms with Crippen molar-refractivity contribution >= 4 is 10.9 Å². The molecule has 2 N–H and O–H groups in total. The van der Waals surface area contributed by atoms with Crippen LogP contribution < -0.4 is 5.32 Å². The fraction of sp³-hybridized carbons (Fsp3) is 0.467. The predicted octanol–water partition coefficient (Wildman–Crippen LogP) is 3.54. The average molecular weight is 228 g/mol. The van der Waals surface area contributed by atoms with Gasteiger partial charge in [-0.15, -0.1) is 0 Å². The van der Waals surface area contributed by atoms with Gasteiger partial charge in [0.05, 0.1) is 0 Å². The Morgan fingerprint density at radius 3 is 3.00 bits per heavy atom. The van der Waals surface area contributed by atoms with Crippen LogP contribution in [0.5, 0.6) is 0 Å². The van der Waals surface area contributed by atoms with Crippen LogP contribution in [-0.4, -0.2) is 11.5 Å². The smallest absolute Gasteiger partial charge is 0.0488 e. The first kappa shape index (κ1) is 10.8. The normalized spacial score (nSPS) is 20.9. The first-order chi connectivity index (χ1) is 8.38. The molecular formula is C15H20N2. The molecule has 0 saturated carbocycles. The van der Waals surface area contributed by atoms with E-state index in [1.165, 1.54) is 41.4 Å². The molecule has 1 aromatic carbocycles. The maximum Gasteiger partial charge on any atom is 0.0488 e. The summed E-state index contributed by atoms with van der Waals surface area (Å²) in [5.74, 6) is 0. The van der Waals surface area contributed by atoms with Crippen molar-refractivity contribution in [1.82, 2.24) is 10.3 Å². The number of aromatic nitrogens is 1. The molecule has 90 valence electrons. The Labute approximate surface area is 102 Å². The van der Waals surface area contributed by atoms with Gasteiger partial charge >= 0.3 is 0 Å². The van der Waals surface area contributed by atoms with E-state index in [2.05, 4.69) is 41.5 Å². The molecule has 2 heterocycles. The Hall–Kier alpha value is -1.28. The van der Waals surface area contributed by atoms with Crippen molar-refractivity contribution in [2.24, 2.45) is 0 Å². The van der Waals surface area contributed by atoms with Gasteiger partial charge in [0.15, 0.2) is 0 Å². The average Bonchev–Trinajstić information content (AvgIpc) is 2.83. The van der Waals surface area contributed by atoms with E-state index in [-0.39, 0.29) is 0 Å². The summed E-state index contributed by atoms with van der Waals surface area (Å²) in [7, 11) is 0. The molecular weight excluding hydrogens is 208 g/mol. The van der Waals surface area contributed by atoms with E-state index < -0.39 is 0 Å². The van der Waals surface area contributed by atoms with E-state index in [4.69, 9.17) is 0 Å². The van der Waals surface area contributed by atoms with Gasteiger partial charge < -0.3 is 10.3 Å². The number of para-hydroxylation sites is 1. The van der Waals surface area contributed by atoms with Crippen LogP contribution in [0.2, 0.25) is 0 Å². The third kappa shape index (κ3) is 1.98. The number of rotatable bonds is 2. The molecule has 2 nitrogen and oxygen atoms in total. The SMILES string of the molecule is CCc1cccc2cc(C3CCCCN3)[nH]c12. The van der Waals surface area contributed by atoms with Crippen LogP contribution in [0.1, 0.15) is 43.5 Å². The fourth-order valence-corrected chi connectivity index (χ4v) is 2.84.